The maximum atomic E-state index is 3.86. The average Bonchev–Trinajstić information content (AvgIpc) is 1.83. The summed E-state index contributed by atoms with van der Waals surface area (Å²) in [4.78, 5) is 0. The molecule has 9 heavy (non-hydrogen) atoms. The predicted octanol–water partition coefficient (Wildman–Crippen LogP) is 3.06. The zero-order chi connectivity index (χ0) is 7.28. The topological polar surface area (TPSA) is 0 Å². The molecule has 0 N–H and O–H groups in total. The molecule has 1 radical (unpaired) electrons. The molecule has 0 fully saturated rings. The Morgan fingerprint density at radius 1 is 1.33 bits per heavy atom. The molecule has 0 aliphatic carbocycles. The molecule has 0 aromatic carbocycles. The summed E-state index contributed by atoms with van der Waals surface area (Å²) in [5, 5.41) is 0. The van der Waals surface area contributed by atoms with Crippen LogP contribution in [0.15, 0.2) is 12.2 Å². The Kier molecular flexibility index (Phi) is 4.47. The van der Waals surface area contributed by atoms with Crippen LogP contribution in [-0.2, 0) is 0 Å². The highest BCUT2D eigenvalue weighted by Crippen LogP contribution is 2.04. The van der Waals surface area contributed by atoms with E-state index in [1.54, 1.807) is 0 Å². The van der Waals surface area contributed by atoms with E-state index in [1.165, 1.54) is 6.42 Å². The van der Waals surface area contributed by atoms with Gasteiger partial charge in [0.2, 0.25) is 0 Å². The van der Waals surface area contributed by atoms with Crippen molar-refractivity contribution in [2.45, 2.75) is 27.2 Å². The van der Waals surface area contributed by atoms with Gasteiger partial charge in [0.15, 0.2) is 0 Å². The van der Waals surface area contributed by atoms with Crippen molar-refractivity contribution in [3.63, 3.8) is 0 Å². The first kappa shape index (κ1) is 8.74. The Labute approximate surface area is 59.0 Å². The molecule has 0 saturated heterocycles. The molecule has 2 unspecified atom stereocenters. The van der Waals surface area contributed by atoms with Crippen molar-refractivity contribution < 1.29 is 0 Å². The third kappa shape index (κ3) is 5.61. The Bertz CT molecular complexity index is 80.0. The van der Waals surface area contributed by atoms with Crippen molar-refractivity contribution in [1.82, 2.24) is 0 Å². The van der Waals surface area contributed by atoms with E-state index in [2.05, 4.69) is 39.8 Å². The number of hydrogen-bond acceptors (Lipinski definition) is 0. The lowest BCUT2D eigenvalue weighted by Crippen LogP contribution is -1.86. The fourth-order valence-electron chi connectivity index (χ4n) is 0.515. The van der Waals surface area contributed by atoms with Crippen LogP contribution in [0.25, 0.3) is 0 Å². The lowest BCUT2D eigenvalue weighted by Gasteiger charge is -2.00. The molecule has 0 bridgehead atoms. The van der Waals surface area contributed by atoms with Crippen molar-refractivity contribution in [2.75, 3.05) is 0 Å². The molecule has 0 heteroatoms. The Balaban J connectivity index is 3.43. The average molecular weight is 125 g/mol. The maximum Gasteiger partial charge on any atom is -0.0262 e. The Morgan fingerprint density at radius 2 is 1.89 bits per heavy atom. The fraction of sp³-hybridized carbons (Fsp3) is 0.667. The van der Waals surface area contributed by atoms with Crippen LogP contribution in [-0.4, -0.2) is 0 Å². The highest BCUT2D eigenvalue weighted by Gasteiger charge is 1.90. The van der Waals surface area contributed by atoms with Crippen LogP contribution in [0, 0.1) is 18.8 Å². The zero-order valence-corrected chi connectivity index (χ0v) is 6.72. The first-order chi connectivity index (χ1) is 4.16. The van der Waals surface area contributed by atoms with Crippen LogP contribution >= 0.6 is 0 Å². The van der Waals surface area contributed by atoms with Gasteiger partial charge in [0, 0.05) is 0 Å². The van der Waals surface area contributed by atoms with Crippen LogP contribution in [0.5, 0.6) is 0 Å². The van der Waals surface area contributed by atoms with E-state index < -0.39 is 0 Å². The molecule has 0 amide bonds. The minimum Gasteiger partial charge on any atom is -0.0854 e. The molecule has 53 valence electrons. The van der Waals surface area contributed by atoms with Crippen molar-refractivity contribution in [3.8, 4) is 0 Å². The van der Waals surface area contributed by atoms with Crippen molar-refractivity contribution in [3.05, 3.63) is 19.1 Å². The summed E-state index contributed by atoms with van der Waals surface area (Å²) in [6, 6.07) is 0. The van der Waals surface area contributed by atoms with Gasteiger partial charge in [0.05, 0.1) is 0 Å². The molecular weight excluding hydrogens is 108 g/mol. The van der Waals surface area contributed by atoms with Gasteiger partial charge in [0.1, 0.15) is 0 Å². The maximum absolute atomic E-state index is 3.86. The third-order valence-electron chi connectivity index (χ3n) is 1.41. The van der Waals surface area contributed by atoms with Crippen LogP contribution in [0.1, 0.15) is 27.2 Å². The fourth-order valence-corrected chi connectivity index (χ4v) is 0.515. The van der Waals surface area contributed by atoms with Gasteiger partial charge in [-0.2, -0.15) is 0 Å². The Morgan fingerprint density at radius 3 is 2.22 bits per heavy atom. The molecule has 0 aliphatic heterocycles. The van der Waals surface area contributed by atoms with Crippen LogP contribution in [0.2, 0.25) is 0 Å². The normalized spacial score (nSPS) is 15.2. The van der Waals surface area contributed by atoms with Crippen molar-refractivity contribution >= 4 is 0 Å². The lowest BCUT2D eigenvalue weighted by atomic mass is 10.1. The number of allylic oxidation sites excluding steroid dienone is 2. The number of hydrogen-bond donors (Lipinski definition) is 0. The molecule has 0 rings (SSSR count). The van der Waals surface area contributed by atoms with Gasteiger partial charge in [0.25, 0.3) is 0 Å². The summed E-state index contributed by atoms with van der Waals surface area (Å²) >= 11 is 0. The molecule has 0 saturated carbocycles. The summed E-state index contributed by atoms with van der Waals surface area (Å²) in [6.45, 7) is 10.4. The molecule has 0 nitrogen and oxygen atoms in total. The summed E-state index contributed by atoms with van der Waals surface area (Å²) in [7, 11) is 0. The van der Waals surface area contributed by atoms with Crippen LogP contribution in [0.3, 0.4) is 0 Å². The summed E-state index contributed by atoms with van der Waals surface area (Å²) in [6.07, 6.45) is 5.62. The minimum atomic E-state index is 0.457. The molecule has 0 aromatic rings. The second-order valence-corrected chi connectivity index (χ2v) is 2.75. The van der Waals surface area contributed by atoms with Crippen molar-refractivity contribution in [1.29, 1.82) is 0 Å². The van der Waals surface area contributed by atoms with Gasteiger partial charge in [-0.15, -0.1) is 0 Å². The molecule has 0 aromatic heterocycles. The van der Waals surface area contributed by atoms with Gasteiger partial charge in [-0.05, 0) is 18.8 Å². The first-order valence-electron chi connectivity index (χ1n) is 3.68. The van der Waals surface area contributed by atoms with Gasteiger partial charge in [-0.1, -0.05) is 39.3 Å². The molecule has 0 spiro atoms. The van der Waals surface area contributed by atoms with Gasteiger partial charge < -0.3 is 0 Å². The monoisotopic (exact) mass is 125 g/mol. The highest BCUT2D eigenvalue weighted by atomic mass is 14.0. The largest absolute Gasteiger partial charge is 0.0854 e. The summed E-state index contributed by atoms with van der Waals surface area (Å²) in [5.41, 5.74) is 0. The predicted molar refractivity (Wildman–Crippen MR) is 43.1 cm³/mol. The van der Waals surface area contributed by atoms with E-state index >= 15 is 0 Å². The summed E-state index contributed by atoms with van der Waals surface area (Å²) in [5.74, 6) is 1.17. The molecular formula is C9H17. The van der Waals surface area contributed by atoms with Gasteiger partial charge in [-0.3, -0.25) is 0 Å². The van der Waals surface area contributed by atoms with E-state index in [4.69, 9.17) is 0 Å². The SMILES string of the molecule is [CH2]C(C)/C=C/C(C)CC. The van der Waals surface area contributed by atoms with Gasteiger partial charge in [-0.25, -0.2) is 0 Å². The smallest absolute Gasteiger partial charge is 0.0262 e. The second-order valence-electron chi connectivity index (χ2n) is 2.75. The number of rotatable bonds is 3. The first-order valence-corrected chi connectivity index (χ1v) is 3.68. The van der Waals surface area contributed by atoms with Crippen LogP contribution in [0.4, 0.5) is 0 Å². The van der Waals surface area contributed by atoms with Gasteiger partial charge >= 0.3 is 0 Å². The van der Waals surface area contributed by atoms with E-state index in [1.807, 2.05) is 0 Å². The van der Waals surface area contributed by atoms with E-state index in [0.29, 0.717) is 11.8 Å². The molecule has 0 heterocycles. The highest BCUT2D eigenvalue weighted by molar-refractivity contribution is 4.90. The van der Waals surface area contributed by atoms with E-state index in [9.17, 15) is 0 Å². The third-order valence-corrected chi connectivity index (χ3v) is 1.41. The summed E-state index contributed by atoms with van der Waals surface area (Å²) < 4.78 is 0. The minimum absolute atomic E-state index is 0.457. The van der Waals surface area contributed by atoms with Crippen molar-refractivity contribution in [2.24, 2.45) is 11.8 Å². The zero-order valence-electron chi connectivity index (χ0n) is 6.72. The Hall–Kier alpha value is -0.260. The molecule has 0 aliphatic rings. The second kappa shape index (κ2) is 4.60. The van der Waals surface area contributed by atoms with Crippen LogP contribution < -0.4 is 0 Å². The quantitative estimate of drug-likeness (QED) is 0.508. The standard InChI is InChI=1S/C9H17/c1-5-9(4)7-6-8(2)3/h6-9H,2,5H2,1,3-4H3/b7-6+. The lowest BCUT2D eigenvalue weighted by molar-refractivity contribution is 0.691. The molecule has 2 atom stereocenters. The van der Waals surface area contributed by atoms with E-state index in [-0.39, 0.29) is 0 Å². The van der Waals surface area contributed by atoms with E-state index in [0.717, 1.165) is 0 Å².